The fraction of sp³-hybridized carbons (Fsp3) is 0.800. The smallest absolute Gasteiger partial charge is 0.406 e. The van der Waals surface area contributed by atoms with E-state index in [2.05, 4.69) is 10.1 Å². The van der Waals surface area contributed by atoms with E-state index in [0.29, 0.717) is 6.54 Å². The lowest BCUT2D eigenvalue weighted by Crippen LogP contribution is -2.23. The molecule has 0 radical (unpaired) electrons. The molecular formula is C5H15NO2Si. The Labute approximate surface area is 59.8 Å². The summed E-state index contributed by atoms with van der Waals surface area (Å²) in [5.41, 5.74) is 0. The van der Waals surface area contributed by atoms with Crippen LogP contribution in [-0.2, 0) is 4.74 Å². The van der Waals surface area contributed by atoms with Gasteiger partial charge in [0.15, 0.2) is 0 Å². The highest BCUT2D eigenvalue weighted by Crippen LogP contribution is 1.72. The van der Waals surface area contributed by atoms with Crippen molar-refractivity contribution in [3.8, 4) is 0 Å². The van der Waals surface area contributed by atoms with Gasteiger partial charge in [-0.2, -0.15) is 0 Å². The second kappa shape index (κ2) is 7.49. The molecule has 4 heteroatoms. The van der Waals surface area contributed by atoms with Crippen molar-refractivity contribution < 1.29 is 9.53 Å². The molecule has 0 aliphatic carbocycles. The van der Waals surface area contributed by atoms with Crippen LogP contribution in [-0.4, -0.2) is 30.7 Å². The van der Waals surface area contributed by atoms with Crippen LogP contribution in [0.25, 0.3) is 0 Å². The maximum atomic E-state index is 10.2. The lowest BCUT2D eigenvalue weighted by atomic mass is 10.5. The minimum Gasteiger partial charge on any atom is -0.453 e. The summed E-state index contributed by atoms with van der Waals surface area (Å²) in [5, 5.41) is 2.52. The number of hydrogen-bond acceptors (Lipinski definition) is 2. The molecule has 0 aliphatic rings. The van der Waals surface area contributed by atoms with Crippen molar-refractivity contribution in [1.29, 1.82) is 0 Å². The molecule has 56 valence electrons. The molecule has 0 bridgehead atoms. The van der Waals surface area contributed by atoms with E-state index in [0.717, 1.165) is 6.42 Å². The van der Waals surface area contributed by atoms with Gasteiger partial charge in [-0.1, -0.05) is 6.92 Å². The summed E-state index contributed by atoms with van der Waals surface area (Å²) < 4.78 is 4.30. The van der Waals surface area contributed by atoms with Crippen LogP contribution in [0.2, 0.25) is 0 Å². The van der Waals surface area contributed by atoms with Crippen LogP contribution in [0.3, 0.4) is 0 Å². The predicted molar refractivity (Wildman–Crippen MR) is 42.0 cm³/mol. The molecule has 0 aromatic rings. The number of carbonyl (C=O) groups excluding carboxylic acids is 1. The van der Waals surface area contributed by atoms with Gasteiger partial charge in [-0.25, -0.2) is 4.79 Å². The van der Waals surface area contributed by atoms with Gasteiger partial charge in [-0.15, -0.1) is 0 Å². The molecule has 0 saturated carbocycles. The maximum Gasteiger partial charge on any atom is 0.406 e. The molecule has 0 spiro atoms. The second-order valence-corrected chi connectivity index (χ2v) is 1.42. The van der Waals surface area contributed by atoms with Crippen LogP contribution >= 0.6 is 0 Å². The summed E-state index contributed by atoms with van der Waals surface area (Å²) in [6.45, 7) is 2.67. The third-order valence-electron chi connectivity index (χ3n) is 0.705. The number of hydrogen-bond donors (Lipinski definition) is 1. The molecule has 0 aliphatic heterocycles. The topological polar surface area (TPSA) is 38.3 Å². The summed E-state index contributed by atoms with van der Waals surface area (Å²) >= 11 is 0. The minimum atomic E-state index is -0.355. The van der Waals surface area contributed by atoms with E-state index in [1.165, 1.54) is 7.11 Å². The molecule has 1 N–H and O–H groups in total. The van der Waals surface area contributed by atoms with Gasteiger partial charge in [0.05, 0.1) is 7.11 Å². The van der Waals surface area contributed by atoms with Gasteiger partial charge in [-0.05, 0) is 17.4 Å². The van der Waals surface area contributed by atoms with Crippen molar-refractivity contribution in [2.24, 2.45) is 0 Å². The van der Waals surface area contributed by atoms with Gasteiger partial charge in [0.2, 0.25) is 0 Å². The summed E-state index contributed by atoms with van der Waals surface area (Å²) in [5.74, 6) is 0. The van der Waals surface area contributed by atoms with Gasteiger partial charge in [0.25, 0.3) is 0 Å². The molecule has 0 saturated heterocycles. The molecule has 3 nitrogen and oxygen atoms in total. The predicted octanol–water partition coefficient (Wildman–Crippen LogP) is -0.699. The van der Waals surface area contributed by atoms with Crippen molar-refractivity contribution in [2.45, 2.75) is 13.3 Å². The van der Waals surface area contributed by atoms with Gasteiger partial charge >= 0.3 is 6.09 Å². The number of amides is 1. The first kappa shape index (κ1) is 11.3. The third-order valence-corrected chi connectivity index (χ3v) is 0.705. The number of ether oxygens (including phenoxy) is 1. The Bertz CT molecular complexity index is 77.4. The second-order valence-electron chi connectivity index (χ2n) is 1.42. The van der Waals surface area contributed by atoms with E-state index in [4.69, 9.17) is 0 Å². The first-order chi connectivity index (χ1) is 3.81. The van der Waals surface area contributed by atoms with Crippen molar-refractivity contribution in [2.75, 3.05) is 13.7 Å². The average Bonchev–Trinajstić information content (AvgIpc) is 1.83. The van der Waals surface area contributed by atoms with Crippen LogP contribution in [0, 0.1) is 0 Å². The van der Waals surface area contributed by atoms with Crippen molar-refractivity contribution in [3.63, 3.8) is 0 Å². The Morgan fingerprint density at radius 2 is 2.22 bits per heavy atom. The first-order valence-corrected chi connectivity index (χ1v) is 2.63. The highest BCUT2D eigenvalue weighted by molar-refractivity contribution is 5.75. The van der Waals surface area contributed by atoms with E-state index >= 15 is 0 Å². The van der Waals surface area contributed by atoms with Gasteiger partial charge < -0.3 is 10.1 Å². The average molecular weight is 149 g/mol. The minimum absolute atomic E-state index is 0. The van der Waals surface area contributed by atoms with E-state index in [9.17, 15) is 4.79 Å². The largest absolute Gasteiger partial charge is 0.453 e. The molecule has 0 atom stereocenters. The standard InChI is InChI=1S/C5H11NO2.H4Si/c1-3-4-6-5(7)8-2;/h3-4H2,1-2H3,(H,6,7);1H4. The Balaban J connectivity index is 0. The first-order valence-electron chi connectivity index (χ1n) is 2.63. The lowest BCUT2D eigenvalue weighted by Gasteiger charge is -1.98. The van der Waals surface area contributed by atoms with E-state index in [-0.39, 0.29) is 17.1 Å². The Kier molecular flexibility index (Phi) is 9.40. The van der Waals surface area contributed by atoms with Gasteiger partial charge in [0, 0.05) is 6.54 Å². The summed E-state index contributed by atoms with van der Waals surface area (Å²) in [6.07, 6.45) is 0.585. The number of methoxy groups -OCH3 is 1. The normalized spacial score (nSPS) is 7.33. The lowest BCUT2D eigenvalue weighted by molar-refractivity contribution is 0.171. The molecule has 1 amide bonds. The van der Waals surface area contributed by atoms with Crippen molar-refractivity contribution in [1.82, 2.24) is 5.32 Å². The summed E-state index contributed by atoms with van der Waals surface area (Å²) in [7, 11) is 1.35. The number of alkyl carbamates (subject to hydrolysis) is 1. The van der Waals surface area contributed by atoms with Crippen LogP contribution in [0.15, 0.2) is 0 Å². The molecule has 9 heavy (non-hydrogen) atoms. The van der Waals surface area contributed by atoms with E-state index < -0.39 is 0 Å². The molecule has 0 fully saturated rings. The SMILES string of the molecule is CCCNC(=O)OC.[SiH4]. The fourth-order valence-corrected chi connectivity index (χ4v) is 0.299. The Hall–Kier alpha value is -0.513. The van der Waals surface area contributed by atoms with Crippen LogP contribution in [0.1, 0.15) is 13.3 Å². The molecule has 0 rings (SSSR count). The summed E-state index contributed by atoms with van der Waals surface area (Å²) in [6, 6.07) is 0. The number of carbonyl (C=O) groups is 1. The monoisotopic (exact) mass is 149 g/mol. The van der Waals surface area contributed by atoms with E-state index in [1.807, 2.05) is 6.92 Å². The number of rotatable bonds is 2. The van der Waals surface area contributed by atoms with Crippen LogP contribution in [0.5, 0.6) is 0 Å². The van der Waals surface area contributed by atoms with E-state index in [1.54, 1.807) is 0 Å². The molecule has 0 aromatic carbocycles. The van der Waals surface area contributed by atoms with Gasteiger partial charge in [-0.3, -0.25) is 0 Å². The third kappa shape index (κ3) is 7.49. The number of nitrogens with one attached hydrogen (secondary N) is 1. The summed E-state index contributed by atoms with van der Waals surface area (Å²) in [4.78, 5) is 10.2. The fourth-order valence-electron chi connectivity index (χ4n) is 0.299. The molecule has 0 unspecified atom stereocenters. The Morgan fingerprint density at radius 3 is 2.56 bits per heavy atom. The molecule has 0 aromatic heterocycles. The highest BCUT2D eigenvalue weighted by atomic mass is 28.1. The molecular weight excluding hydrogens is 134 g/mol. The Morgan fingerprint density at radius 1 is 1.67 bits per heavy atom. The zero-order chi connectivity index (χ0) is 6.41. The molecule has 0 heterocycles. The quantitative estimate of drug-likeness (QED) is 0.527. The van der Waals surface area contributed by atoms with Crippen LogP contribution < -0.4 is 5.32 Å². The maximum absolute atomic E-state index is 10.2. The zero-order valence-electron chi connectivity index (χ0n) is 5.23. The van der Waals surface area contributed by atoms with Crippen LogP contribution in [0.4, 0.5) is 4.79 Å². The highest BCUT2D eigenvalue weighted by Gasteiger charge is 1.91. The zero-order valence-corrected chi connectivity index (χ0v) is 5.23. The van der Waals surface area contributed by atoms with Crippen molar-refractivity contribution in [3.05, 3.63) is 0 Å². The van der Waals surface area contributed by atoms with Gasteiger partial charge in [0.1, 0.15) is 0 Å². The van der Waals surface area contributed by atoms with Crippen molar-refractivity contribution >= 4 is 17.1 Å².